The molecule has 3 aliphatic rings. The van der Waals surface area contributed by atoms with E-state index in [-0.39, 0.29) is 23.3 Å². The standard InChI is InChI=1S/C103H70O6/c1-4-7-58-107-82-55-43-70-61-79(52-40-73(70)64-82)101(91-28-16-10-22-85(91)98(104)86-23-11-17-29-92(86)101)76-46-34-67(35-47-76)97(68-36-48-77(49-37-68)102(80-53-41-74-65-83(108-59-8-5-2)56-44-71(74)62-80)93-30-18-12-24-87(93)99(105)88-25-13-19-31-94(88)102)69-38-50-78(51-39-69)103(81-54-42-75-66-84(109-60-9-6-3)57-45-72(75)63-81)95-32-20-14-26-89(95)100(106)90-27-15-21-33-96(90)103/h10-57,61-66,97H,58-60H2,1-3H3. The molecule has 6 heteroatoms. The molecule has 0 aliphatic heterocycles. The lowest BCUT2D eigenvalue weighted by molar-refractivity contribution is 0.102. The van der Waals surface area contributed by atoms with Crippen molar-refractivity contribution in [2.75, 3.05) is 19.8 Å². The maximum Gasteiger partial charge on any atom is 0.193 e. The second-order valence-electron chi connectivity index (χ2n) is 28.1. The van der Waals surface area contributed by atoms with Crippen LogP contribution in [0.15, 0.2) is 328 Å². The van der Waals surface area contributed by atoms with Gasteiger partial charge in [0.25, 0.3) is 0 Å². The first kappa shape index (κ1) is 67.1. The molecule has 0 bridgehead atoms. The van der Waals surface area contributed by atoms with Crippen molar-refractivity contribution < 1.29 is 28.6 Å². The zero-order valence-electron chi connectivity index (χ0n) is 60.3. The Balaban J connectivity index is 0.842. The molecule has 3 aliphatic carbocycles. The number of carbonyl (C=O) groups is 3. The molecular formula is C103H70O6. The zero-order chi connectivity index (χ0) is 73.8. The largest absolute Gasteiger partial charge is 0.481 e. The van der Waals surface area contributed by atoms with Crippen molar-refractivity contribution in [3.05, 3.63) is 444 Å². The van der Waals surface area contributed by atoms with Crippen molar-refractivity contribution in [1.29, 1.82) is 0 Å². The fourth-order valence-electron chi connectivity index (χ4n) is 17.9. The molecule has 0 fully saturated rings. The SMILES string of the molecule is CC#CCOc1ccc2cc(C3(c4ccc(C(c5ccc(C6(c7ccc8cc(OCC#CC)ccc8c7)c7ccccc7C(=O)c7ccccc76)cc5)c5ccc(C6(c7ccc8cc(OCC#CC)ccc8c7)c7ccccc7C(=O)c7ccccc76)cc5)cc4)c4ccccc4C(=O)c4ccccc43)ccc2c1. The van der Waals surface area contributed by atoms with E-state index in [0.717, 1.165) is 133 Å². The Morgan fingerprint density at radius 2 is 0.459 bits per heavy atom. The van der Waals surface area contributed by atoms with Gasteiger partial charge in [-0.2, -0.15) is 0 Å². The van der Waals surface area contributed by atoms with Gasteiger partial charge >= 0.3 is 0 Å². The summed E-state index contributed by atoms with van der Waals surface area (Å²) in [6, 6.07) is 114. The Labute approximate surface area is 634 Å². The molecule has 0 saturated carbocycles. The molecule has 0 aromatic heterocycles. The van der Waals surface area contributed by atoms with Gasteiger partial charge in [-0.25, -0.2) is 0 Å². The van der Waals surface area contributed by atoms with Crippen molar-refractivity contribution in [3.8, 4) is 52.8 Å². The summed E-state index contributed by atoms with van der Waals surface area (Å²) < 4.78 is 18.2. The molecule has 0 N–H and O–H groups in total. The second kappa shape index (κ2) is 27.6. The van der Waals surface area contributed by atoms with E-state index in [4.69, 9.17) is 14.2 Å². The molecule has 15 aromatic rings. The van der Waals surface area contributed by atoms with E-state index in [1.165, 1.54) is 0 Å². The molecule has 0 heterocycles. The normalized spacial score (nSPS) is 13.7. The van der Waals surface area contributed by atoms with Crippen LogP contribution in [-0.4, -0.2) is 37.2 Å². The van der Waals surface area contributed by atoms with Crippen LogP contribution in [-0.2, 0) is 16.2 Å². The molecule has 18 rings (SSSR count). The summed E-state index contributed by atoms with van der Waals surface area (Å²) in [5.41, 5.74) is 15.6. The minimum Gasteiger partial charge on any atom is -0.481 e. The van der Waals surface area contributed by atoms with Gasteiger partial charge in [0.2, 0.25) is 0 Å². The average molecular weight is 1400 g/mol. The monoisotopic (exact) mass is 1400 g/mol. The van der Waals surface area contributed by atoms with E-state index in [9.17, 15) is 14.4 Å². The van der Waals surface area contributed by atoms with Crippen LogP contribution in [0.5, 0.6) is 17.2 Å². The summed E-state index contributed by atoms with van der Waals surface area (Å²) in [5.74, 6) is 19.7. The maximum absolute atomic E-state index is 14.9. The van der Waals surface area contributed by atoms with Crippen LogP contribution in [0.3, 0.4) is 0 Å². The summed E-state index contributed by atoms with van der Waals surface area (Å²) in [7, 11) is 0. The summed E-state index contributed by atoms with van der Waals surface area (Å²) in [6.45, 7) is 6.31. The maximum atomic E-state index is 14.9. The highest BCUT2D eigenvalue weighted by molar-refractivity contribution is 6.16. The Morgan fingerprint density at radius 3 is 0.697 bits per heavy atom. The number of ketones is 3. The molecule has 6 nitrogen and oxygen atoms in total. The van der Waals surface area contributed by atoms with Gasteiger partial charge in [-0.3, -0.25) is 14.4 Å². The van der Waals surface area contributed by atoms with Gasteiger partial charge in [0.15, 0.2) is 17.3 Å². The number of ether oxygens (including phenoxy) is 3. The molecular weight excluding hydrogens is 1330 g/mol. The molecule has 0 spiro atoms. The molecule has 109 heavy (non-hydrogen) atoms. The number of hydrogen-bond donors (Lipinski definition) is 0. The van der Waals surface area contributed by atoms with E-state index in [1.54, 1.807) is 0 Å². The molecule has 0 unspecified atom stereocenters. The van der Waals surface area contributed by atoms with E-state index in [0.29, 0.717) is 53.2 Å². The minimum absolute atomic E-state index is 0.0116. The van der Waals surface area contributed by atoms with Gasteiger partial charge in [-0.1, -0.05) is 291 Å². The Morgan fingerprint density at radius 1 is 0.248 bits per heavy atom. The number of benzene rings is 15. The summed E-state index contributed by atoms with van der Waals surface area (Å²) >= 11 is 0. The molecule has 518 valence electrons. The van der Waals surface area contributed by atoms with Gasteiger partial charge in [0.05, 0.1) is 16.2 Å². The minimum atomic E-state index is -0.950. The van der Waals surface area contributed by atoms with E-state index < -0.39 is 16.2 Å². The van der Waals surface area contributed by atoms with Crippen molar-refractivity contribution >= 4 is 49.7 Å². The van der Waals surface area contributed by atoms with Crippen molar-refractivity contribution in [3.63, 3.8) is 0 Å². The lowest BCUT2D eigenvalue weighted by Crippen LogP contribution is -2.38. The summed E-state index contributed by atoms with van der Waals surface area (Å²) in [4.78, 5) is 44.8. The average Bonchev–Trinajstić information content (AvgIpc) is 0.710. The van der Waals surface area contributed by atoms with Gasteiger partial charge in [0, 0.05) is 39.3 Å². The van der Waals surface area contributed by atoms with Gasteiger partial charge < -0.3 is 14.2 Å². The topological polar surface area (TPSA) is 78.9 Å². The van der Waals surface area contributed by atoms with Crippen LogP contribution in [0.2, 0.25) is 0 Å². The zero-order valence-corrected chi connectivity index (χ0v) is 60.3. The molecule has 0 saturated heterocycles. The van der Waals surface area contributed by atoms with Gasteiger partial charge in [-0.05, 0) is 191 Å². The molecule has 0 amide bonds. The molecule has 15 aromatic carbocycles. The second-order valence-corrected chi connectivity index (χ2v) is 28.1. The van der Waals surface area contributed by atoms with Crippen LogP contribution < -0.4 is 14.2 Å². The van der Waals surface area contributed by atoms with Crippen molar-refractivity contribution in [2.24, 2.45) is 0 Å². The third-order valence-corrected chi connectivity index (χ3v) is 22.7. The van der Waals surface area contributed by atoms with Crippen molar-refractivity contribution in [2.45, 2.75) is 42.9 Å². The number of rotatable bonds is 15. The highest BCUT2D eigenvalue weighted by Gasteiger charge is 2.50. The predicted octanol–water partition coefficient (Wildman–Crippen LogP) is 21.3. The molecule has 0 radical (unpaired) electrons. The van der Waals surface area contributed by atoms with Crippen LogP contribution >= 0.6 is 0 Å². The Kier molecular flexibility index (Phi) is 17.0. The summed E-state index contributed by atoms with van der Waals surface area (Å²) in [5, 5.41) is 6.14. The predicted molar refractivity (Wildman–Crippen MR) is 435 cm³/mol. The van der Waals surface area contributed by atoms with Crippen molar-refractivity contribution in [1.82, 2.24) is 0 Å². The van der Waals surface area contributed by atoms with E-state index in [1.807, 2.05) is 148 Å². The third-order valence-electron chi connectivity index (χ3n) is 22.7. The summed E-state index contributed by atoms with van der Waals surface area (Å²) in [6.07, 6.45) is 0. The quantitative estimate of drug-likeness (QED) is 0.0752. The lowest BCUT2D eigenvalue weighted by Gasteiger charge is -2.42. The third kappa shape index (κ3) is 10.9. The fraction of sp³-hybridized carbons (Fsp3) is 0.0971. The number of hydrogen-bond acceptors (Lipinski definition) is 6. The Bertz CT molecular complexity index is 5670. The number of fused-ring (bicyclic) bond motifs is 9. The first-order valence-corrected chi connectivity index (χ1v) is 36.9. The van der Waals surface area contributed by atoms with Crippen LogP contribution in [0.1, 0.15) is 158 Å². The van der Waals surface area contributed by atoms with Crippen LogP contribution in [0.4, 0.5) is 0 Å². The van der Waals surface area contributed by atoms with Crippen LogP contribution in [0.25, 0.3) is 32.3 Å². The van der Waals surface area contributed by atoms with Gasteiger partial charge in [0.1, 0.15) is 37.1 Å². The van der Waals surface area contributed by atoms with Crippen LogP contribution in [0, 0.1) is 35.5 Å². The van der Waals surface area contributed by atoms with E-state index in [2.05, 4.69) is 236 Å². The smallest absolute Gasteiger partial charge is 0.193 e. The Hall–Kier alpha value is -13.8. The highest BCUT2D eigenvalue weighted by atomic mass is 16.5. The molecule has 0 atom stereocenters. The van der Waals surface area contributed by atoms with E-state index >= 15 is 0 Å². The fourth-order valence-corrected chi connectivity index (χ4v) is 17.9. The highest BCUT2D eigenvalue weighted by Crippen LogP contribution is 2.56. The lowest BCUT2D eigenvalue weighted by atomic mass is 9.59. The first-order chi connectivity index (χ1) is 53.6. The first-order valence-electron chi connectivity index (χ1n) is 36.9. The number of carbonyl (C=O) groups excluding carboxylic acids is 3. The van der Waals surface area contributed by atoms with Gasteiger partial charge in [-0.15, -0.1) is 17.8 Å².